The van der Waals surface area contributed by atoms with Crippen molar-refractivity contribution in [3.63, 3.8) is 0 Å². The second kappa shape index (κ2) is 8.54. The van der Waals surface area contributed by atoms with Crippen molar-refractivity contribution < 1.29 is 8.95 Å². The third-order valence-electron chi connectivity index (χ3n) is 4.20. The van der Waals surface area contributed by atoms with Gasteiger partial charge in [0.05, 0.1) is 6.61 Å². The predicted molar refractivity (Wildman–Crippen MR) is 88.9 cm³/mol. The first kappa shape index (κ1) is 16.5. The highest BCUT2D eigenvalue weighted by Crippen LogP contribution is 2.27. The van der Waals surface area contributed by atoms with Crippen molar-refractivity contribution in [2.75, 3.05) is 12.4 Å². The summed E-state index contributed by atoms with van der Waals surface area (Å²) < 4.78 is 18.1. The van der Waals surface area contributed by atoms with Crippen LogP contribution < -0.4 is 10.5 Å². The Balaban J connectivity index is 1.70. The minimum Gasteiger partial charge on any atom is -0.493 e. The molecule has 1 aliphatic carbocycles. The number of hydrogen-bond acceptors (Lipinski definition) is 3. The third kappa shape index (κ3) is 5.11. The number of ether oxygens (including phenoxy) is 1. The maximum absolute atomic E-state index is 12.3. The molecule has 1 fully saturated rings. The second-order valence-corrected chi connectivity index (χ2v) is 7.83. The normalized spacial score (nSPS) is 23.7. The first-order valence-corrected chi connectivity index (χ1v) is 9.37. The summed E-state index contributed by atoms with van der Waals surface area (Å²) in [6.07, 6.45) is 5.64. The first-order valence-electron chi connectivity index (χ1n) is 7.98. The molecule has 0 aromatic heterocycles. The smallest absolute Gasteiger partial charge is 0.123 e. The summed E-state index contributed by atoms with van der Waals surface area (Å²) in [5.41, 5.74) is 6.71. The van der Waals surface area contributed by atoms with Crippen molar-refractivity contribution >= 4 is 10.8 Å². The van der Waals surface area contributed by atoms with E-state index in [-0.39, 0.29) is 0 Å². The van der Waals surface area contributed by atoms with Gasteiger partial charge >= 0.3 is 0 Å². The van der Waals surface area contributed by atoms with Crippen molar-refractivity contribution in [1.82, 2.24) is 0 Å². The Bertz CT molecular complexity index is 464. The van der Waals surface area contributed by atoms with E-state index in [9.17, 15) is 4.21 Å². The molecule has 1 saturated carbocycles. The zero-order chi connectivity index (χ0) is 15.1. The van der Waals surface area contributed by atoms with E-state index in [1.165, 1.54) is 12.8 Å². The molecule has 0 heterocycles. The minimum atomic E-state index is -0.697. The summed E-state index contributed by atoms with van der Waals surface area (Å²) in [5.74, 6) is 2.35. The molecule has 4 heteroatoms. The lowest BCUT2D eigenvalue weighted by Gasteiger charge is -2.26. The van der Waals surface area contributed by atoms with Crippen molar-refractivity contribution in [2.45, 2.75) is 50.8 Å². The molecule has 3 unspecified atom stereocenters. The van der Waals surface area contributed by atoms with E-state index < -0.39 is 10.8 Å². The van der Waals surface area contributed by atoms with Crippen LogP contribution in [0.5, 0.6) is 5.75 Å². The van der Waals surface area contributed by atoms with Crippen molar-refractivity contribution in [1.29, 1.82) is 0 Å². The van der Waals surface area contributed by atoms with E-state index in [0.717, 1.165) is 42.2 Å². The average Bonchev–Trinajstić information content (AvgIpc) is 2.51. The summed E-state index contributed by atoms with van der Waals surface area (Å²) in [4.78, 5) is 0. The Morgan fingerprint density at radius 3 is 2.90 bits per heavy atom. The Labute approximate surface area is 130 Å². The molecule has 118 valence electrons. The Morgan fingerprint density at radius 2 is 2.14 bits per heavy atom. The van der Waals surface area contributed by atoms with Crippen LogP contribution in [0.3, 0.4) is 0 Å². The van der Waals surface area contributed by atoms with Gasteiger partial charge < -0.3 is 10.5 Å². The molecule has 3 nitrogen and oxygen atoms in total. The topological polar surface area (TPSA) is 52.3 Å². The number of nitrogens with two attached hydrogens (primary N) is 1. The number of benzene rings is 1. The molecule has 1 aromatic carbocycles. The lowest BCUT2D eigenvalue weighted by Crippen LogP contribution is -2.25. The van der Waals surface area contributed by atoms with Gasteiger partial charge in [-0.25, -0.2) is 0 Å². The van der Waals surface area contributed by atoms with Gasteiger partial charge in [0.25, 0.3) is 0 Å². The highest BCUT2D eigenvalue weighted by molar-refractivity contribution is 7.85. The summed E-state index contributed by atoms with van der Waals surface area (Å²) in [6.45, 7) is 3.38. The fraction of sp³-hybridized carbons (Fsp3) is 0.647. The average molecular weight is 309 g/mol. The Morgan fingerprint density at radius 1 is 1.33 bits per heavy atom. The van der Waals surface area contributed by atoms with E-state index in [0.29, 0.717) is 18.4 Å². The fourth-order valence-electron chi connectivity index (χ4n) is 2.98. The van der Waals surface area contributed by atoms with Gasteiger partial charge in [-0.15, -0.1) is 0 Å². The van der Waals surface area contributed by atoms with E-state index in [4.69, 9.17) is 10.5 Å². The van der Waals surface area contributed by atoms with Gasteiger partial charge in [-0.1, -0.05) is 38.0 Å². The standard InChI is InChI=1S/C17H27NO2S/c1-14-6-4-8-16(12-14)21(19)11-5-10-20-17-9-3-2-7-15(17)13-18/h2-3,7,9,14,16H,4-6,8,10-13,18H2,1H3. The zero-order valence-corrected chi connectivity index (χ0v) is 13.7. The fourth-order valence-corrected chi connectivity index (χ4v) is 4.69. The largest absolute Gasteiger partial charge is 0.493 e. The van der Waals surface area contributed by atoms with E-state index in [1.54, 1.807) is 0 Å². The summed E-state index contributed by atoms with van der Waals surface area (Å²) in [7, 11) is -0.697. The second-order valence-electron chi connectivity index (χ2n) is 5.99. The van der Waals surface area contributed by atoms with Crippen LogP contribution >= 0.6 is 0 Å². The first-order chi connectivity index (χ1) is 10.2. The van der Waals surface area contributed by atoms with Crippen LogP contribution in [0.1, 0.15) is 44.6 Å². The lowest BCUT2D eigenvalue weighted by molar-refractivity contribution is 0.314. The molecule has 2 rings (SSSR count). The van der Waals surface area contributed by atoms with Crippen molar-refractivity contribution in [3.8, 4) is 5.75 Å². The van der Waals surface area contributed by atoms with E-state index in [2.05, 4.69) is 6.92 Å². The maximum atomic E-state index is 12.3. The Kier molecular flexibility index (Phi) is 6.71. The number of para-hydroxylation sites is 1. The van der Waals surface area contributed by atoms with Gasteiger partial charge in [0.2, 0.25) is 0 Å². The molecular formula is C17H27NO2S. The molecule has 1 aromatic rings. The van der Waals surface area contributed by atoms with Crippen LogP contribution in [0.25, 0.3) is 0 Å². The van der Waals surface area contributed by atoms with Crippen LogP contribution in [0.4, 0.5) is 0 Å². The van der Waals surface area contributed by atoms with Crippen molar-refractivity contribution in [3.05, 3.63) is 29.8 Å². The molecular weight excluding hydrogens is 282 g/mol. The monoisotopic (exact) mass is 309 g/mol. The van der Waals surface area contributed by atoms with E-state index >= 15 is 0 Å². The molecule has 21 heavy (non-hydrogen) atoms. The SMILES string of the molecule is CC1CCCC(S(=O)CCCOc2ccccc2CN)C1. The molecule has 0 bridgehead atoms. The molecule has 0 spiro atoms. The van der Waals surface area contributed by atoms with Gasteiger partial charge in [-0.05, 0) is 31.2 Å². The highest BCUT2D eigenvalue weighted by atomic mass is 32.2. The zero-order valence-electron chi connectivity index (χ0n) is 12.9. The summed E-state index contributed by atoms with van der Waals surface area (Å²) >= 11 is 0. The van der Waals surface area contributed by atoms with Gasteiger partial charge in [0, 0.05) is 33.9 Å². The molecule has 0 aliphatic heterocycles. The summed E-state index contributed by atoms with van der Waals surface area (Å²) in [5, 5.41) is 0.407. The quantitative estimate of drug-likeness (QED) is 0.787. The summed E-state index contributed by atoms with van der Waals surface area (Å²) in [6, 6.07) is 7.85. The minimum absolute atomic E-state index is 0.407. The molecule has 0 amide bonds. The van der Waals surface area contributed by atoms with Crippen LogP contribution in [-0.4, -0.2) is 21.8 Å². The predicted octanol–water partition coefficient (Wildman–Crippen LogP) is 3.24. The van der Waals surface area contributed by atoms with E-state index in [1.807, 2.05) is 24.3 Å². The van der Waals surface area contributed by atoms with Gasteiger partial charge in [0.15, 0.2) is 0 Å². The van der Waals surface area contributed by atoms with Gasteiger partial charge in [-0.3, -0.25) is 4.21 Å². The highest BCUT2D eigenvalue weighted by Gasteiger charge is 2.23. The molecule has 2 N–H and O–H groups in total. The van der Waals surface area contributed by atoms with Crippen LogP contribution in [0, 0.1) is 5.92 Å². The van der Waals surface area contributed by atoms with Gasteiger partial charge in [-0.2, -0.15) is 0 Å². The van der Waals surface area contributed by atoms with Crippen LogP contribution in [0.15, 0.2) is 24.3 Å². The number of rotatable bonds is 7. The number of hydrogen-bond donors (Lipinski definition) is 1. The lowest BCUT2D eigenvalue weighted by atomic mass is 9.91. The Hall–Kier alpha value is -0.870. The third-order valence-corrected chi connectivity index (χ3v) is 6.06. The van der Waals surface area contributed by atoms with Gasteiger partial charge in [0.1, 0.15) is 5.75 Å². The van der Waals surface area contributed by atoms with Crippen molar-refractivity contribution in [2.24, 2.45) is 11.7 Å². The molecule has 0 saturated heterocycles. The molecule has 0 radical (unpaired) electrons. The van der Waals surface area contributed by atoms with Crippen LogP contribution in [0.2, 0.25) is 0 Å². The maximum Gasteiger partial charge on any atom is 0.123 e. The molecule has 1 aliphatic rings. The van der Waals surface area contributed by atoms with Crippen LogP contribution in [-0.2, 0) is 17.3 Å². The molecule has 3 atom stereocenters.